The van der Waals surface area contributed by atoms with Crippen molar-refractivity contribution in [3.63, 3.8) is 0 Å². The van der Waals surface area contributed by atoms with Crippen LogP contribution in [0.25, 0.3) is 0 Å². The Labute approximate surface area is 122 Å². The number of nitrogens with zero attached hydrogens (tertiary/aromatic N) is 1. The van der Waals surface area contributed by atoms with Crippen molar-refractivity contribution in [3.05, 3.63) is 35.5 Å². The molecule has 0 bridgehead atoms. The van der Waals surface area contributed by atoms with E-state index in [1.165, 1.54) is 0 Å². The normalized spacial score (nSPS) is 11.5. The number of hydrogen-bond donors (Lipinski definition) is 2. The number of nitrogens with one attached hydrogen (secondary N) is 1. The molecule has 5 nitrogen and oxygen atoms in total. The van der Waals surface area contributed by atoms with E-state index in [0.717, 1.165) is 29.7 Å². The maximum atomic E-state index is 12.4. The molecule has 0 aliphatic heterocycles. The van der Waals surface area contributed by atoms with Crippen LogP contribution < -0.4 is 10.5 Å². The lowest BCUT2D eigenvalue weighted by atomic mass is 10.1. The third-order valence-electron chi connectivity index (χ3n) is 2.80. The summed E-state index contributed by atoms with van der Waals surface area (Å²) in [5.74, 6) is 0. The van der Waals surface area contributed by atoms with Crippen molar-refractivity contribution in [2.45, 2.75) is 30.9 Å². The molecule has 7 heteroatoms. The summed E-state index contributed by atoms with van der Waals surface area (Å²) < 4.78 is 27.6. The minimum absolute atomic E-state index is 0.168. The van der Waals surface area contributed by atoms with E-state index in [9.17, 15) is 8.42 Å². The van der Waals surface area contributed by atoms with Gasteiger partial charge >= 0.3 is 0 Å². The van der Waals surface area contributed by atoms with Gasteiger partial charge < -0.3 is 5.73 Å². The summed E-state index contributed by atoms with van der Waals surface area (Å²) in [7, 11) is -3.64. The fraction of sp³-hybridized carbons (Fsp3) is 0.308. The lowest BCUT2D eigenvalue weighted by molar-refractivity contribution is 0.602. The minimum Gasteiger partial charge on any atom is -0.375 e. The first-order valence-electron chi connectivity index (χ1n) is 6.27. The molecule has 0 atom stereocenters. The molecule has 1 aromatic carbocycles. The van der Waals surface area contributed by atoms with Gasteiger partial charge in [-0.25, -0.2) is 13.4 Å². The first kappa shape index (κ1) is 14.8. The second-order valence-corrected chi connectivity index (χ2v) is 7.35. The first-order chi connectivity index (χ1) is 9.44. The highest BCUT2D eigenvalue weighted by Gasteiger charge is 2.22. The Morgan fingerprint density at radius 2 is 2.05 bits per heavy atom. The molecule has 2 rings (SSSR count). The number of nitrogens with two attached hydrogens (primary N) is 1. The third-order valence-corrected chi connectivity index (χ3v) is 5.76. The highest BCUT2D eigenvalue weighted by molar-refractivity contribution is 7.94. The van der Waals surface area contributed by atoms with Gasteiger partial charge in [-0.3, -0.25) is 4.72 Å². The molecule has 108 valence electrons. The van der Waals surface area contributed by atoms with Gasteiger partial charge in [0.15, 0.2) is 9.34 Å². The van der Waals surface area contributed by atoms with Crippen LogP contribution in [0.1, 0.15) is 24.6 Å². The molecule has 0 saturated heterocycles. The van der Waals surface area contributed by atoms with Crippen LogP contribution in [0.15, 0.2) is 28.5 Å². The van der Waals surface area contributed by atoms with Crippen LogP contribution in [0.2, 0.25) is 0 Å². The number of para-hydroxylation sites is 1. The summed E-state index contributed by atoms with van der Waals surface area (Å²) in [6.07, 6.45) is 1.77. The number of benzene rings is 1. The van der Waals surface area contributed by atoms with Gasteiger partial charge in [-0.15, -0.1) is 0 Å². The Hall–Kier alpha value is -1.60. The lowest BCUT2D eigenvalue weighted by Crippen LogP contribution is -2.14. The quantitative estimate of drug-likeness (QED) is 0.889. The maximum absolute atomic E-state index is 12.4. The summed E-state index contributed by atoms with van der Waals surface area (Å²) in [6, 6.07) is 7.40. The van der Waals surface area contributed by atoms with E-state index in [1.807, 2.05) is 18.2 Å². The Morgan fingerprint density at radius 1 is 1.35 bits per heavy atom. The summed E-state index contributed by atoms with van der Waals surface area (Å²) in [6.45, 7) is 3.69. The van der Waals surface area contributed by atoms with Gasteiger partial charge in [-0.2, -0.15) is 0 Å². The number of sulfonamides is 1. The van der Waals surface area contributed by atoms with Crippen LogP contribution in [-0.2, 0) is 16.4 Å². The molecule has 2 aromatic rings. The number of rotatable bonds is 5. The number of aryl methyl sites for hydroxylation is 2. The second kappa shape index (κ2) is 5.80. The molecule has 3 N–H and O–H groups in total. The third kappa shape index (κ3) is 3.10. The van der Waals surface area contributed by atoms with Gasteiger partial charge in [0.1, 0.15) is 0 Å². The predicted octanol–water partition coefficient (Wildman–Crippen LogP) is 2.79. The van der Waals surface area contributed by atoms with E-state index in [4.69, 9.17) is 5.73 Å². The molecule has 0 amide bonds. The molecule has 0 aliphatic rings. The van der Waals surface area contributed by atoms with Gasteiger partial charge in [0, 0.05) is 0 Å². The van der Waals surface area contributed by atoms with E-state index < -0.39 is 10.0 Å². The molecule has 1 heterocycles. The van der Waals surface area contributed by atoms with Crippen molar-refractivity contribution in [2.75, 3.05) is 10.5 Å². The zero-order valence-electron chi connectivity index (χ0n) is 11.4. The summed E-state index contributed by atoms with van der Waals surface area (Å²) in [5.41, 5.74) is 7.58. The lowest BCUT2D eigenvalue weighted by Gasteiger charge is -2.11. The Bertz CT molecular complexity index is 708. The number of aromatic nitrogens is 1. The maximum Gasteiger partial charge on any atom is 0.273 e. The van der Waals surface area contributed by atoms with Gasteiger partial charge in [-0.05, 0) is 25.0 Å². The molecule has 1 aromatic heterocycles. The van der Waals surface area contributed by atoms with Crippen LogP contribution in [0, 0.1) is 6.92 Å². The summed E-state index contributed by atoms with van der Waals surface area (Å²) >= 11 is 0.976. The molecule has 0 spiro atoms. The zero-order valence-corrected chi connectivity index (χ0v) is 13.0. The van der Waals surface area contributed by atoms with Gasteiger partial charge in [0.25, 0.3) is 10.0 Å². The van der Waals surface area contributed by atoms with E-state index in [1.54, 1.807) is 13.0 Å². The van der Waals surface area contributed by atoms with Crippen LogP contribution >= 0.6 is 11.3 Å². The largest absolute Gasteiger partial charge is 0.375 e. The molecule has 0 unspecified atom stereocenters. The Kier molecular flexibility index (Phi) is 4.29. The number of anilines is 2. The predicted molar refractivity (Wildman–Crippen MR) is 82.5 cm³/mol. The molecule has 0 saturated carbocycles. The smallest absolute Gasteiger partial charge is 0.273 e. The Balaban J connectivity index is 2.36. The van der Waals surface area contributed by atoms with Crippen LogP contribution in [-0.4, -0.2) is 13.4 Å². The van der Waals surface area contributed by atoms with Gasteiger partial charge in [0.05, 0.1) is 11.4 Å². The summed E-state index contributed by atoms with van der Waals surface area (Å²) in [5, 5.41) is 0.254. The topological polar surface area (TPSA) is 85.1 Å². The molecule has 20 heavy (non-hydrogen) atoms. The van der Waals surface area contributed by atoms with E-state index in [2.05, 4.69) is 16.6 Å². The second-order valence-electron chi connectivity index (χ2n) is 4.44. The summed E-state index contributed by atoms with van der Waals surface area (Å²) in [4.78, 5) is 3.95. The van der Waals surface area contributed by atoms with Crippen molar-refractivity contribution >= 4 is 32.2 Å². The van der Waals surface area contributed by atoms with Crippen molar-refractivity contribution in [2.24, 2.45) is 0 Å². The Morgan fingerprint density at radius 3 is 2.65 bits per heavy atom. The van der Waals surface area contributed by atoms with Crippen molar-refractivity contribution in [3.8, 4) is 0 Å². The standard InChI is InChI=1S/C13H17N3O2S2/c1-3-6-10-7-4-5-8-11(10)16-20(17,18)12-9(2)15-13(14)19-12/h4-5,7-8,16H,3,6H2,1-2H3,(H2,14,15). The van der Waals surface area contributed by atoms with Gasteiger partial charge in [0.2, 0.25) is 0 Å². The fourth-order valence-corrected chi connectivity index (χ4v) is 4.35. The zero-order chi connectivity index (χ0) is 14.8. The van der Waals surface area contributed by atoms with E-state index in [-0.39, 0.29) is 9.34 Å². The molecule has 0 fully saturated rings. The van der Waals surface area contributed by atoms with E-state index in [0.29, 0.717) is 11.4 Å². The number of nitrogen functional groups attached to an aromatic ring is 1. The van der Waals surface area contributed by atoms with Crippen LogP contribution in [0.5, 0.6) is 0 Å². The van der Waals surface area contributed by atoms with Crippen LogP contribution in [0.4, 0.5) is 10.8 Å². The molecular weight excluding hydrogens is 294 g/mol. The molecule has 0 aliphatic carbocycles. The van der Waals surface area contributed by atoms with Gasteiger partial charge in [-0.1, -0.05) is 42.9 Å². The molecule has 0 radical (unpaired) electrons. The highest BCUT2D eigenvalue weighted by atomic mass is 32.2. The van der Waals surface area contributed by atoms with Crippen molar-refractivity contribution in [1.29, 1.82) is 0 Å². The average Bonchev–Trinajstić information content (AvgIpc) is 2.72. The minimum atomic E-state index is -3.64. The SMILES string of the molecule is CCCc1ccccc1NS(=O)(=O)c1sc(N)nc1C. The fourth-order valence-electron chi connectivity index (χ4n) is 1.95. The van der Waals surface area contributed by atoms with Crippen molar-refractivity contribution < 1.29 is 8.42 Å². The molecular formula is C13H17N3O2S2. The number of hydrogen-bond acceptors (Lipinski definition) is 5. The monoisotopic (exact) mass is 311 g/mol. The number of thiazole rings is 1. The average molecular weight is 311 g/mol. The first-order valence-corrected chi connectivity index (χ1v) is 8.57. The van der Waals surface area contributed by atoms with Crippen molar-refractivity contribution in [1.82, 2.24) is 4.98 Å². The van der Waals surface area contributed by atoms with Crippen LogP contribution in [0.3, 0.4) is 0 Å². The van der Waals surface area contributed by atoms with E-state index >= 15 is 0 Å². The highest BCUT2D eigenvalue weighted by Crippen LogP contribution is 2.28.